The van der Waals surface area contributed by atoms with Crippen LogP contribution in [0.2, 0.25) is 0 Å². The maximum Gasteiger partial charge on any atom is 0.244 e. The van der Waals surface area contributed by atoms with Crippen LogP contribution in [0.5, 0.6) is 0 Å². The number of nitrogens with zero attached hydrogens (tertiary/aromatic N) is 1. The lowest BCUT2D eigenvalue weighted by molar-refractivity contribution is -0.117. The highest BCUT2D eigenvalue weighted by Gasteiger charge is 2.25. The first-order valence-electron chi connectivity index (χ1n) is 7.95. The SMILES string of the molecule is C[C@H](NS(=O)(=O)c1ccccc1F)C(=O)Nc1nc(-c2ccccc2)cs1. The molecule has 0 unspecified atom stereocenters. The Morgan fingerprint density at radius 1 is 1.11 bits per heavy atom. The number of anilines is 1. The van der Waals surface area contributed by atoms with Gasteiger partial charge in [-0.2, -0.15) is 4.72 Å². The number of amides is 1. The summed E-state index contributed by atoms with van der Waals surface area (Å²) < 4.78 is 40.4. The molecule has 0 saturated carbocycles. The summed E-state index contributed by atoms with van der Waals surface area (Å²) in [5, 5.41) is 4.70. The van der Waals surface area contributed by atoms with Crippen LogP contribution in [0.1, 0.15) is 6.92 Å². The normalized spacial score (nSPS) is 12.5. The van der Waals surface area contributed by atoms with Gasteiger partial charge in [-0.1, -0.05) is 42.5 Å². The first kappa shape index (κ1) is 19.2. The highest BCUT2D eigenvalue weighted by atomic mass is 32.2. The molecule has 0 saturated heterocycles. The summed E-state index contributed by atoms with van der Waals surface area (Å²) in [6, 6.07) is 13.3. The molecule has 27 heavy (non-hydrogen) atoms. The fraction of sp³-hybridized carbons (Fsp3) is 0.111. The first-order chi connectivity index (χ1) is 12.9. The van der Waals surface area contributed by atoms with Gasteiger partial charge in [-0.25, -0.2) is 17.8 Å². The Labute approximate surface area is 160 Å². The van der Waals surface area contributed by atoms with Gasteiger partial charge >= 0.3 is 0 Å². The second-order valence-electron chi connectivity index (χ2n) is 5.67. The molecule has 0 aliphatic heterocycles. The van der Waals surface area contributed by atoms with Crippen LogP contribution in [0.4, 0.5) is 9.52 Å². The molecule has 1 atom stereocenters. The Balaban J connectivity index is 1.68. The number of nitrogens with one attached hydrogen (secondary N) is 2. The highest BCUT2D eigenvalue weighted by Crippen LogP contribution is 2.24. The van der Waals surface area contributed by atoms with Gasteiger partial charge in [0, 0.05) is 10.9 Å². The molecule has 9 heteroatoms. The van der Waals surface area contributed by atoms with Crippen LogP contribution in [0, 0.1) is 5.82 Å². The Morgan fingerprint density at radius 3 is 2.48 bits per heavy atom. The number of thiazole rings is 1. The Morgan fingerprint density at radius 2 is 1.78 bits per heavy atom. The fourth-order valence-corrected chi connectivity index (χ4v) is 4.30. The maximum absolute atomic E-state index is 13.7. The van der Waals surface area contributed by atoms with E-state index in [1.165, 1.54) is 30.4 Å². The summed E-state index contributed by atoms with van der Waals surface area (Å²) in [5.74, 6) is -1.48. The minimum absolute atomic E-state index is 0.343. The molecule has 1 aromatic heterocycles. The second kappa shape index (κ2) is 7.95. The highest BCUT2D eigenvalue weighted by molar-refractivity contribution is 7.89. The molecule has 2 aromatic carbocycles. The Kier molecular flexibility index (Phi) is 5.64. The summed E-state index contributed by atoms with van der Waals surface area (Å²) in [5.41, 5.74) is 1.61. The van der Waals surface area contributed by atoms with Crippen molar-refractivity contribution in [1.82, 2.24) is 9.71 Å². The molecule has 6 nitrogen and oxygen atoms in total. The number of hydrogen-bond donors (Lipinski definition) is 2. The van der Waals surface area contributed by atoms with Crippen molar-refractivity contribution < 1.29 is 17.6 Å². The number of carbonyl (C=O) groups excluding carboxylic acids is 1. The Hall–Kier alpha value is -2.62. The van der Waals surface area contributed by atoms with Crippen molar-refractivity contribution in [1.29, 1.82) is 0 Å². The largest absolute Gasteiger partial charge is 0.301 e. The molecule has 2 N–H and O–H groups in total. The van der Waals surface area contributed by atoms with Gasteiger partial charge in [0.2, 0.25) is 15.9 Å². The molecule has 1 heterocycles. The van der Waals surface area contributed by atoms with Crippen LogP contribution in [-0.2, 0) is 14.8 Å². The van der Waals surface area contributed by atoms with E-state index in [-0.39, 0.29) is 0 Å². The lowest BCUT2D eigenvalue weighted by Gasteiger charge is -2.13. The van der Waals surface area contributed by atoms with Crippen LogP contribution in [-0.4, -0.2) is 25.4 Å². The summed E-state index contributed by atoms with van der Waals surface area (Å²) in [7, 11) is -4.17. The predicted molar refractivity (Wildman–Crippen MR) is 102 cm³/mol. The van der Waals surface area contributed by atoms with Crippen LogP contribution < -0.4 is 10.0 Å². The van der Waals surface area contributed by atoms with Gasteiger partial charge < -0.3 is 5.32 Å². The topological polar surface area (TPSA) is 88.2 Å². The van der Waals surface area contributed by atoms with E-state index < -0.39 is 32.7 Å². The molecule has 0 aliphatic carbocycles. The molecule has 0 aliphatic rings. The van der Waals surface area contributed by atoms with Crippen molar-refractivity contribution in [3.8, 4) is 11.3 Å². The van der Waals surface area contributed by atoms with Crippen LogP contribution in [0.3, 0.4) is 0 Å². The van der Waals surface area contributed by atoms with E-state index in [2.05, 4.69) is 15.0 Å². The van der Waals surface area contributed by atoms with Crippen LogP contribution in [0.15, 0.2) is 64.9 Å². The molecule has 0 fully saturated rings. The van der Waals surface area contributed by atoms with Gasteiger partial charge in [-0.3, -0.25) is 4.79 Å². The average molecular weight is 405 g/mol. The van der Waals surface area contributed by atoms with Gasteiger partial charge in [0.05, 0.1) is 11.7 Å². The fourth-order valence-electron chi connectivity index (χ4n) is 2.30. The van der Waals surface area contributed by atoms with Gasteiger partial charge in [0.25, 0.3) is 0 Å². The van der Waals surface area contributed by atoms with E-state index in [1.54, 1.807) is 5.38 Å². The number of sulfonamides is 1. The molecular formula is C18H16FN3O3S2. The van der Waals surface area contributed by atoms with Crippen molar-refractivity contribution in [2.45, 2.75) is 17.9 Å². The van der Waals surface area contributed by atoms with Crippen molar-refractivity contribution in [3.05, 3.63) is 65.8 Å². The van der Waals surface area contributed by atoms with E-state index >= 15 is 0 Å². The Bertz CT molecular complexity index is 1050. The third-order valence-electron chi connectivity index (χ3n) is 3.66. The van der Waals surface area contributed by atoms with Crippen LogP contribution in [0.25, 0.3) is 11.3 Å². The quantitative estimate of drug-likeness (QED) is 0.659. The molecular weight excluding hydrogens is 389 g/mol. The predicted octanol–water partition coefficient (Wildman–Crippen LogP) is 3.25. The van der Waals surface area contributed by atoms with E-state index in [0.29, 0.717) is 10.8 Å². The van der Waals surface area contributed by atoms with E-state index in [9.17, 15) is 17.6 Å². The average Bonchev–Trinajstić information content (AvgIpc) is 3.11. The zero-order valence-corrected chi connectivity index (χ0v) is 15.9. The lowest BCUT2D eigenvalue weighted by atomic mass is 10.2. The molecule has 0 bridgehead atoms. The number of aromatic nitrogens is 1. The molecule has 3 aromatic rings. The zero-order chi connectivity index (χ0) is 19.4. The second-order valence-corrected chi connectivity index (χ2v) is 8.21. The third kappa shape index (κ3) is 4.57. The van der Waals surface area contributed by atoms with Gasteiger partial charge in [0.1, 0.15) is 10.7 Å². The lowest BCUT2D eigenvalue weighted by Crippen LogP contribution is -2.41. The van der Waals surface area contributed by atoms with Gasteiger partial charge in [0.15, 0.2) is 5.13 Å². The number of carbonyl (C=O) groups is 1. The molecule has 1 amide bonds. The molecule has 0 radical (unpaired) electrons. The molecule has 3 rings (SSSR count). The van der Waals surface area contributed by atoms with Gasteiger partial charge in [-0.05, 0) is 19.1 Å². The standard InChI is InChI=1S/C18H16FN3O3S2/c1-12(22-27(24,25)16-10-6-5-9-14(16)19)17(23)21-18-20-15(11-26-18)13-7-3-2-4-8-13/h2-12,22H,1H3,(H,20,21,23)/t12-/m0/s1. The van der Waals surface area contributed by atoms with Crippen LogP contribution >= 0.6 is 11.3 Å². The van der Waals surface area contributed by atoms with Crippen molar-refractivity contribution >= 4 is 32.4 Å². The van der Waals surface area contributed by atoms with E-state index in [4.69, 9.17) is 0 Å². The number of benzene rings is 2. The van der Waals surface area contributed by atoms with Crippen molar-refractivity contribution in [2.75, 3.05) is 5.32 Å². The summed E-state index contributed by atoms with van der Waals surface area (Å²) in [6.45, 7) is 1.37. The maximum atomic E-state index is 13.7. The zero-order valence-electron chi connectivity index (χ0n) is 14.2. The smallest absolute Gasteiger partial charge is 0.244 e. The number of hydrogen-bond acceptors (Lipinski definition) is 5. The summed E-state index contributed by atoms with van der Waals surface area (Å²) in [4.78, 5) is 16.1. The monoisotopic (exact) mass is 405 g/mol. The molecule has 0 spiro atoms. The number of halogens is 1. The van der Waals surface area contributed by atoms with E-state index in [1.807, 2.05) is 30.3 Å². The first-order valence-corrected chi connectivity index (χ1v) is 10.3. The number of rotatable bonds is 6. The van der Waals surface area contributed by atoms with Crippen molar-refractivity contribution in [2.24, 2.45) is 0 Å². The molecule has 140 valence electrons. The van der Waals surface area contributed by atoms with E-state index in [0.717, 1.165) is 17.7 Å². The minimum Gasteiger partial charge on any atom is -0.301 e. The van der Waals surface area contributed by atoms with Crippen molar-refractivity contribution in [3.63, 3.8) is 0 Å². The third-order valence-corrected chi connectivity index (χ3v) is 5.99. The summed E-state index contributed by atoms with van der Waals surface area (Å²) >= 11 is 1.23. The minimum atomic E-state index is -4.17. The van der Waals surface area contributed by atoms with Gasteiger partial charge in [-0.15, -0.1) is 11.3 Å². The summed E-state index contributed by atoms with van der Waals surface area (Å²) in [6.07, 6.45) is 0.